The first-order valence-corrected chi connectivity index (χ1v) is 5.26. The van der Waals surface area contributed by atoms with Gasteiger partial charge in [-0.25, -0.2) is 0 Å². The average Bonchev–Trinajstić information content (AvgIpc) is 2.30. The zero-order chi connectivity index (χ0) is 12.0. The molecule has 1 aromatic carbocycles. The summed E-state index contributed by atoms with van der Waals surface area (Å²) in [5, 5.41) is 5.78. The molecule has 0 aliphatic rings. The van der Waals surface area contributed by atoms with Crippen LogP contribution in [0.15, 0.2) is 18.2 Å². The van der Waals surface area contributed by atoms with Crippen molar-refractivity contribution in [3.8, 4) is 5.75 Å². The predicted octanol–water partition coefficient (Wildman–Crippen LogP) is 0.953. The second kappa shape index (κ2) is 6.12. The van der Waals surface area contributed by atoms with E-state index in [4.69, 9.17) is 4.74 Å². The number of ether oxygens (including phenoxy) is 1. The van der Waals surface area contributed by atoms with Gasteiger partial charge in [0.15, 0.2) is 0 Å². The number of methoxy groups -OCH3 is 1. The van der Waals surface area contributed by atoms with E-state index in [0.717, 1.165) is 17.9 Å². The van der Waals surface area contributed by atoms with Crippen molar-refractivity contribution in [2.24, 2.45) is 0 Å². The number of nitrogens with one attached hydrogen (secondary N) is 2. The number of hydrogen-bond acceptors (Lipinski definition) is 3. The minimum Gasteiger partial charge on any atom is -0.496 e. The maximum absolute atomic E-state index is 11.7. The molecule has 0 saturated carbocycles. The average molecular weight is 222 g/mol. The fourth-order valence-corrected chi connectivity index (χ4v) is 1.36. The zero-order valence-corrected chi connectivity index (χ0v) is 9.96. The maximum atomic E-state index is 11.7. The van der Waals surface area contributed by atoms with Gasteiger partial charge in [-0.3, -0.25) is 4.79 Å². The Bertz CT molecular complexity index is 364. The molecule has 0 heterocycles. The van der Waals surface area contributed by atoms with Crippen LogP contribution in [0, 0.1) is 6.92 Å². The van der Waals surface area contributed by atoms with E-state index in [1.165, 1.54) is 0 Å². The molecule has 0 aromatic heterocycles. The van der Waals surface area contributed by atoms with Crippen LogP contribution < -0.4 is 15.4 Å². The minimum absolute atomic E-state index is 0.0754. The van der Waals surface area contributed by atoms with E-state index in [9.17, 15) is 4.79 Å². The van der Waals surface area contributed by atoms with Crippen molar-refractivity contribution >= 4 is 5.91 Å². The summed E-state index contributed by atoms with van der Waals surface area (Å²) in [7, 11) is 3.45. The van der Waals surface area contributed by atoms with E-state index < -0.39 is 0 Å². The van der Waals surface area contributed by atoms with Gasteiger partial charge in [-0.1, -0.05) is 6.07 Å². The third-order valence-electron chi connectivity index (χ3n) is 2.33. The van der Waals surface area contributed by atoms with Crippen molar-refractivity contribution in [3.63, 3.8) is 0 Å². The molecule has 0 bridgehead atoms. The molecule has 88 valence electrons. The standard InChI is InChI=1S/C12H18N2O2/c1-9-4-5-10(8-11(9)16-3)12(15)14-7-6-13-2/h4-5,8,13H,6-7H2,1-3H3,(H,14,15). The van der Waals surface area contributed by atoms with Gasteiger partial charge in [0.05, 0.1) is 7.11 Å². The topological polar surface area (TPSA) is 50.4 Å². The van der Waals surface area contributed by atoms with Gasteiger partial charge in [-0.2, -0.15) is 0 Å². The van der Waals surface area contributed by atoms with Crippen molar-refractivity contribution in [3.05, 3.63) is 29.3 Å². The van der Waals surface area contributed by atoms with Crippen LogP contribution in [0.1, 0.15) is 15.9 Å². The summed E-state index contributed by atoms with van der Waals surface area (Å²) in [5.41, 5.74) is 1.65. The van der Waals surface area contributed by atoms with Crippen molar-refractivity contribution < 1.29 is 9.53 Å². The van der Waals surface area contributed by atoms with Crippen LogP contribution in [0.2, 0.25) is 0 Å². The molecule has 1 rings (SSSR count). The number of benzene rings is 1. The SMILES string of the molecule is CNCCNC(=O)c1ccc(C)c(OC)c1. The highest BCUT2D eigenvalue weighted by Crippen LogP contribution is 2.18. The number of rotatable bonds is 5. The number of amides is 1. The quantitative estimate of drug-likeness (QED) is 0.729. The molecule has 0 aliphatic carbocycles. The van der Waals surface area contributed by atoms with E-state index in [-0.39, 0.29) is 5.91 Å². The third-order valence-corrected chi connectivity index (χ3v) is 2.33. The minimum atomic E-state index is -0.0754. The smallest absolute Gasteiger partial charge is 0.251 e. The lowest BCUT2D eigenvalue weighted by Gasteiger charge is -2.08. The Hall–Kier alpha value is -1.55. The molecule has 0 saturated heterocycles. The van der Waals surface area contributed by atoms with Crippen LogP contribution in [0.3, 0.4) is 0 Å². The first kappa shape index (κ1) is 12.5. The molecule has 4 heteroatoms. The van der Waals surface area contributed by atoms with Crippen molar-refractivity contribution in [2.75, 3.05) is 27.2 Å². The summed E-state index contributed by atoms with van der Waals surface area (Å²) in [6, 6.07) is 5.43. The fourth-order valence-electron chi connectivity index (χ4n) is 1.36. The summed E-state index contributed by atoms with van der Waals surface area (Å²) in [6.45, 7) is 3.32. The lowest BCUT2D eigenvalue weighted by molar-refractivity contribution is 0.0954. The summed E-state index contributed by atoms with van der Waals surface area (Å²) >= 11 is 0. The molecule has 2 N–H and O–H groups in total. The van der Waals surface area contributed by atoms with Crippen LogP contribution in [-0.2, 0) is 0 Å². The molecule has 0 atom stereocenters. The highest BCUT2D eigenvalue weighted by molar-refractivity contribution is 5.94. The Morgan fingerprint density at radius 3 is 2.75 bits per heavy atom. The van der Waals surface area contributed by atoms with Gasteiger partial charge in [0.1, 0.15) is 5.75 Å². The fraction of sp³-hybridized carbons (Fsp3) is 0.417. The number of hydrogen-bond donors (Lipinski definition) is 2. The third kappa shape index (κ3) is 3.24. The van der Waals surface area contributed by atoms with Gasteiger partial charge < -0.3 is 15.4 Å². The van der Waals surface area contributed by atoms with E-state index in [1.807, 2.05) is 20.0 Å². The highest BCUT2D eigenvalue weighted by Gasteiger charge is 2.07. The number of carbonyl (C=O) groups excluding carboxylic acids is 1. The Labute approximate surface area is 96.0 Å². The van der Waals surface area contributed by atoms with Gasteiger partial charge >= 0.3 is 0 Å². The van der Waals surface area contributed by atoms with E-state index in [2.05, 4.69) is 10.6 Å². The number of aryl methyl sites for hydroxylation is 1. The Kier molecular flexibility index (Phi) is 4.79. The molecule has 0 radical (unpaired) electrons. The molecule has 1 aromatic rings. The van der Waals surface area contributed by atoms with Gasteiger partial charge in [0.2, 0.25) is 0 Å². The van der Waals surface area contributed by atoms with Crippen molar-refractivity contribution in [1.29, 1.82) is 0 Å². The molecule has 0 fully saturated rings. The number of likely N-dealkylation sites (N-methyl/N-ethyl adjacent to an activating group) is 1. The highest BCUT2D eigenvalue weighted by atomic mass is 16.5. The normalized spacial score (nSPS) is 9.94. The Balaban J connectivity index is 2.68. The van der Waals surface area contributed by atoms with Gasteiger partial charge in [-0.15, -0.1) is 0 Å². The monoisotopic (exact) mass is 222 g/mol. The molecule has 4 nitrogen and oxygen atoms in total. The molecule has 0 spiro atoms. The van der Waals surface area contributed by atoms with Crippen molar-refractivity contribution in [2.45, 2.75) is 6.92 Å². The molecule has 16 heavy (non-hydrogen) atoms. The Morgan fingerprint density at radius 2 is 2.12 bits per heavy atom. The first-order valence-electron chi connectivity index (χ1n) is 5.26. The van der Waals surface area contributed by atoms with Gasteiger partial charge in [0, 0.05) is 18.7 Å². The maximum Gasteiger partial charge on any atom is 0.251 e. The molecule has 0 unspecified atom stereocenters. The summed E-state index contributed by atoms with van der Waals surface area (Å²) in [5.74, 6) is 0.662. The predicted molar refractivity (Wildman–Crippen MR) is 64.0 cm³/mol. The summed E-state index contributed by atoms with van der Waals surface area (Å²) in [4.78, 5) is 11.7. The van der Waals surface area contributed by atoms with Crippen LogP contribution in [0.4, 0.5) is 0 Å². The van der Waals surface area contributed by atoms with Crippen LogP contribution >= 0.6 is 0 Å². The van der Waals surface area contributed by atoms with E-state index in [1.54, 1.807) is 19.2 Å². The summed E-state index contributed by atoms with van der Waals surface area (Å²) in [6.07, 6.45) is 0. The van der Waals surface area contributed by atoms with Gasteiger partial charge in [-0.05, 0) is 31.7 Å². The van der Waals surface area contributed by atoms with Crippen LogP contribution in [-0.4, -0.2) is 33.2 Å². The van der Waals surface area contributed by atoms with E-state index >= 15 is 0 Å². The molecule has 1 amide bonds. The van der Waals surface area contributed by atoms with Crippen LogP contribution in [0.5, 0.6) is 5.75 Å². The molecular formula is C12H18N2O2. The molecular weight excluding hydrogens is 204 g/mol. The second-order valence-corrected chi connectivity index (χ2v) is 3.54. The lowest BCUT2D eigenvalue weighted by atomic mass is 10.1. The van der Waals surface area contributed by atoms with Crippen LogP contribution in [0.25, 0.3) is 0 Å². The largest absolute Gasteiger partial charge is 0.496 e. The molecule has 0 aliphatic heterocycles. The second-order valence-electron chi connectivity index (χ2n) is 3.54. The Morgan fingerprint density at radius 1 is 1.38 bits per heavy atom. The summed E-state index contributed by atoms with van der Waals surface area (Å²) < 4.78 is 5.17. The zero-order valence-electron chi connectivity index (χ0n) is 9.96. The number of carbonyl (C=O) groups is 1. The van der Waals surface area contributed by atoms with Gasteiger partial charge in [0.25, 0.3) is 5.91 Å². The van der Waals surface area contributed by atoms with E-state index in [0.29, 0.717) is 12.1 Å². The lowest BCUT2D eigenvalue weighted by Crippen LogP contribution is -2.30. The first-order chi connectivity index (χ1) is 7.69. The van der Waals surface area contributed by atoms with Crippen molar-refractivity contribution in [1.82, 2.24) is 10.6 Å².